The average molecular weight is 504 g/mol. The number of ether oxygens (including phenoxy) is 2. The number of carbonyl (C=O) groups is 1. The number of rotatable bonds is 6. The van der Waals surface area contributed by atoms with Gasteiger partial charge in [-0.25, -0.2) is 8.78 Å². The van der Waals surface area contributed by atoms with E-state index in [1.165, 1.54) is 56.8 Å². The molecular formula is C28H28F2NNaO4. The Morgan fingerprint density at radius 2 is 1.89 bits per heavy atom. The summed E-state index contributed by atoms with van der Waals surface area (Å²) in [5.41, 5.74) is 2.43. The van der Waals surface area contributed by atoms with Crippen LogP contribution in [0, 0.1) is 17.6 Å². The van der Waals surface area contributed by atoms with Crippen LogP contribution >= 0.6 is 0 Å². The second kappa shape index (κ2) is 12.7. The van der Waals surface area contributed by atoms with E-state index in [4.69, 9.17) is 9.47 Å². The molecule has 2 aliphatic rings. The third kappa shape index (κ3) is 7.05. The molecule has 0 saturated heterocycles. The molecule has 0 N–H and O–H groups in total. The summed E-state index contributed by atoms with van der Waals surface area (Å²) >= 11 is 0. The minimum Gasteiger partial charge on any atom is -0.550 e. The van der Waals surface area contributed by atoms with Crippen LogP contribution in [0.25, 0.3) is 11.1 Å². The molecule has 0 radical (unpaired) electrons. The van der Waals surface area contributed by atoms with Crippen molar-refractivity contribution in [3.05, 3.63) is 77.1 Å². The summed E-state index contributed by atoms with van der Waals surface area (Å²) < 4.78 is 40.4. The molecule has 5 nitrogen and oxygen atoms in total. The van der Waals surface area contributed by atoms with Gasteiger partial charge in [-0.3, -0.25) is 4.98 Å². The van der Waals surface area contributed by atoms with E-state index in [1.807, 2.05) is 12.1 Å². The van der Waals surface area contributed by atoms with E-state index >= 15 is 0 Å². The van der Waals surface area contributed by atoms with E-state index in [0.717, 1.165) is 11.1 Å². The number of carboxylic acids is 1. The van der Waals surface area contributed by atoms with Crippen molar-refractivity contribution in [3.63, 3.8) is 0 Å². The number of nitrogens with zero attached hydrogens (tertiary/aromatic N) is 1. The van der Waals surface area contributed by atoms with E-state index in [0.29, 0.717) is 36.3 Å². The molecular weight excluding hydrogens is 475 g/mol. The van der Waals surface area contributed by atoms with Gasteiger partial charge < -0.3 is 19.4 Å². The Morgan fingerprint density at radius 3 is 2.53 bits per heavy atom. The zero-order chi connectivity index (χ0) is 24.9. The standard InChI is InChI=1S/C25H23F2NO4.C3H6.Na/c1-14(25(29)30)9-15-3-4-16-5-8-22(32-23(16)10-15)24-21(27)11-17(13-28-24)19-12-18(31-2)6-7-20(19)26;1-2-3-1;/h3-4,6-7,10-14,22H,5,8-9H2,1-2H3,(H,29,30);1-3H2;/q;;+1/p-1. The maximum atomic E-state index is 15.0. The van der Waals surface area contributed by atoms with Gasteiger partial charge in [-0.15, -0.1) is 0 Å². The number of carboxylic acid groups (broad SMARTS) is 1. The number of halogens is 2. The number of pyridine rings is 1. The molecule has 1 aromatic heterocycles. The molecule has 36 heavy (non-hydrogen) atoms. The van der Waals surface area contributed by atoms with Crippen molar-refractivity contribution < 1.29 is 57.7 Å². The van der Waals surface area contributed by atoms with Gasteiger partial charge in [0.25, 0.3) is 0 Å². The Hall–Kier alpha value is -2.48. The molecule has 2 heterocycles. The Morgan fingerprint density at radius 1 is 1.14 bits per heavy atom. The number of benzene rings is 2. The molecule has 0 bridgehead atoms. The van der Waals surface area contributed by atoms with E-state index < -0.39 is 29.6 Å². The molecule has 2 atom stereocenters. The summed E-state index contributed by atoms with van der Waals surface area (Å²) in [6.07, 6.45) is 6.85. The molecule has 1 saturated carbocycles. The molecule has 184 valence electrons. The fourth-order valence-electron chi connectivity index (χ4n) is 3.86. The summed E-state index contributed by atoms with van der Waals surface area (Å²) in [4.78, 5) is 15.3. The fraction of sp³-hybridized carbons (Fsp3) is 0.357. The van der Waals surface area contributed by atoms with Gasteiger partial charge in [0, 0.05) is 23.3 Å². The normalized spacial score (nSPS) is 16.3. The summed E-state index contributed by atoms with van der Waals surface area (Å²) in [7, 11) is 1.47. The number of aryl methyl sites for hydroxylation is 1. The Balaban J connectivity index is 0.000000840. The van der Waals surface area contributed by atoms with Crippen molar-refractivity contribution in [1.29, 1.82) is 0 Å². The Labute approximate surface area is 232 Å². The van der Waals surface area contributed by atoms with Gasteiger partial charge in [0.1, 0.15) is 34.9 Å². The summed E-state index contributed by atoms with van der Waals surface area (Å²) in [5.74, 6) is -1.77. The van der Waals surface area contributed by atoms with Crippen LogP contribution in [0.15, 0.2) is 48.7 Å². The molecule has 1 fully saturated rings. The number of carbonyl (C=O) groups excluding carboxylic acids is 1. The second-order valence-corrected chi connectivity index (χ2v) is 9.01. The van der Waals surface area contributed by atoms with Gasteiger partial charge in [0.05, 0.1) is 7.11 Å². The zero-order valence-corrected chi connectivity index (χ0v) is 22.9. The van der Waals surface area contributed by atoms with Crippen LogP contribution in [-0.2, 0) is 17.6 Å². The van der Waals surface area contributed by atoms with Crippen molar-refractivity contribution >= 4 is 5.97 Å². The zero-order valence-electron chi connectivity index (χ0n) is 20.9. The summed E-state index contributed by atoms with van der Waals surface area (Å²) in [5, 5.41) is 11.0. The first-order valence-corrected chi connectivity index (χ1v) is 11.8. The number of methoxy groups -OCH3 is 1. The van der Waals surface area contributed by atoms with Crippen LogP contribution in [0.3, 0.4) is 0 Å². The maximum Gasteiger partial charge on any atom is 1.00 e. The van der Waals surface area contributed by atoms with Crippen LogP contribution in [0.1, 0.15) is 55.5 Å². The largest absolute Gasteiger partial charge is 1.00 e. The number of fused-ring (bicyclic) bond motifs is 1. The molecule has 2 unspecified atom stereocenters. The van der Waals surface area contributed by atoms with E-state index in [2.05, 4.69) is 4.98 Å². The second-order valence-electron chi connectivity index (χ2n) is 9.01. The van der Waals surface area contributed by atoms with E-state index in [1.54, 1.807) is 13.0 Å². The van der Waals surface area contributed by atoms with E-state index in [-0.39, 0.29) is 40.8 Å². The van der Waals surface area contributed by atoms with Crippen molar-refractivity contribution in [1.82, 2.24) is 4.98 Å². The van der Waals surface area contributed by atoms with Crippen LogP contribution in [-0.4, -0.2) is 18.1 Å². The Kier molecular flexibility index (Phi) is 9.88. The SMILES string of the molecule is C1CC1.COc1ccc(F)c(-c2cnc(C3CCc4ccc(CC(C)C(=O)[O-])cc4O3)c(F)c2)c1.[Na+]. The predicted octanol–water partition coefficient (Wildman–Crippen LogP) is 2.20. The van der Waals surface area contributed by atoms with Crippen molar-refractivity contribution in [2.75, 3.05) is 7.11 Å². The molecule has 3 aromatic rings. The molecule has 2 aromatic carbocycles. The number of aromatic nitrogens is 1. The number of aliphatic carboxylic acids is 1. The molecule has 1 aliphatic carbocycles. The van der Waals surface area contributed by atoms with Crippen LogP contribution in [0.4, 0.5) is 8.78 Å². The van der Waals surface area contributed by atoms with Gasteiger partial charge >= 0.3 is 29.6 Å². The first-order chi connectivity index (χ1) is 16.9. The fourth-order valence-corrected chi connectivity index (χ4v) is 3.86. The van der Waals surface area contributed by atoms with Crippen LogP contribution in [0.2, 0.25) is 0 Å². The van der Waals surface area contributed by atoms with Crippen molar-refractivity contribution in [3.8, 4) is 22.6 Å². The first kappa shape index (κ1) is 28.1. The molecule has 5 rings (SSSR count). The van der Waals surface area contributed by atoms with Gasteiger partial charge in [0.2, 0.25) is 0 Å². The minimum absolute atomic E-state index is 0. The smallest absolute Gasteiger partial charge is 0.550 e. The van der Waals surface area contributed by atoms with Crippen LogP contribution in [0.5, 0.6) is 11.5 Å². The minimum atomic E-state index is -1.11. The Bertz CT molecular complexity index is 1220. The molecule has 1 aliphatic heterocycles. The number of hydrogen-bond acceptors (Lipinski definition) is 5. The third-order valence-corrected chi connectivity index (χ3v) is 6.03. The van der Waals surface area contributed by atoms with Crippen LogP contribution < -0.4 is 44.1 Å². The molecule has 8 heteroatoms. The summed E-state index contributed by atoms with van der Waals surface area (Å²) in [6.45, 7) is 1.59. The van der Waals surface area contributed by atoms with Crippen molar-refractivity contribution in [2.24, 2.45) is 5.92 Å². The van der Waals surface area contributed by atoms with Gasteiger partial charge in [0.15, 0.2) is 0 Å². The predicted molar refractivity (Wildman–Crippen MR) is 126 cm³/mol. The first-order valence-electron chi connectivity index (χ1n) is 11.8. The quantitative estimate of drug-likeness (QED) is 0.483. The molecule has 0 spiro atoms. The molecule has 0 amide bonds. The number of hydrogen-bond donors (Lipinski definition) is 0. The summed E-state index contributed by atoms with van der Waals surface area (Å²) in [6, 6.07) is 11.1. The van der Waals surface area contributed by atoms with Gasteiger partial charge in [-0.1, -0.05) is 38.3 Å². The average Bonchev–Trinajstić information content (AvgIpc) is 3.73. The van der Waals surface area contributed by atoms with Gasteiger partial charge in [-0.05, 0) is 66.6 Å². The monoisotopic (exact) mass is 503 g/mol. The van der Waals surface area contributed by atoms with Gasteiger partial charge in [-0.2, -0.15) is 0 Å². The topological polar surface area (TPSA) is 71.5 Å². The third-order valence-electron chi connectivity index (χ3n) is 6.03. The maximum absolute atomic E-state index is 15.0. The van der Waals surface area contributed by atoms with E-state index in [9.17, 15) is 18.7 Å². The van der Waals surface area contributed by atoms with Crippen molar-refractivity contribution in [2.45, 2.75) is 51.6 Å².